The molecular weight excluding hydrogens is 342 g/mol. The number of aromatic nitrogens is 2. The molecule has 1 heterocycles. The molecule has 3 aromatic rings. The van der Waals surface area contributed by atoms with E-state index in [1.54, 1.807) is 48.7 Å². The summed E-state index contributed by atoms with van der Waals surface area (Å²) in [5, 5.41) is 7.51. The number of hydrogen-bond acceptors (Lipinski definition) is 5. The van der Waals surface area contributed by atoms with Gasteiger partial charge in [0.25, 0.3) is 0 Å². The molecule has 2 aromatic carbocycles. The minimum absolute atomic E-state index is 0.185. The molecule has 0 radical (unpaired) electrons. The predicted molar refractivity (Wildman–Crippen MR) is 92.5 cm³/mol. The maximum atomic E-state index is 12.7. The second-order valence-corrected chi connectivity index (χ2v) is 7.61. The molecule has 1 N–H and O–H groups in total. The number of fused-ring (bicyclic) bond motifs is 1. The van der Waals surface area contributed by atoms with E-state index in [4.69, 9.17) is 0 Å². The molecule has 7 nitrogen and oxygen atoms in total. The van der Waals surface area contributed by atoms with Crippen LogP contribution >= 0.6 is 0 Å². The first kappa shape index (κ1) is 17.1. The largest absolute Gasteiger partial charge is 0.465 e. The van der Waals surface area contributed by atoms with Gasteiger partial charge in [-0.3, -0.25) is 5.10 Å². The summed E-state index contributed by atoms with van der Waals surface area (Å²) in [4.78, 5) is 11.6. The highest BCUT2D eigenvalue weighted by Gasteiger charge is 2.21. The Morgan fingerprint density at radius 3 is 2.60 bits per heavy atom. The second kappa shape index (κ2) is 6.66. The van der Waals surface area contributed by atoms with E-state index in [1.165, 1.54) is 18.5 Å². The van der Waals surface area contributed by atoms with Crippen molar-refractivity contribution >= 4 is 26.9 Å². The zero-order valence-electron chi connectivity index (χ0n) is 13.8. The summed E-state index contributed by atoms with van der Waals surface area (Å²) in [5.41, 5.74) is 1.85. The summed E-state index contributed by atoms with van der Waals surface area (Å²) in [7, 11) is -0.817. The van der Waals surface area contributed by atoms with Crippen LogP contribution in [0.4, 0.5) is 0 Å². The van der Waals surface area contributed by atoms with Crippen LogP contribution in [0.3, 0.4) is 0 Å². The normalized spacial score (nSPS) is 11.8. The van der Waals surface area contributed by atoms with Gasteiger partial charge in [-0.1, -0.05) is 12.1 Å². The number of rotatable bonds is 5. The first-order chi connectivity index (χ1) is 11.9. The molecular formula is C17H17N3O4S. The Labute approximate surface area is 145 Å². The van der Waals surface area contributed by atoms with Crippen molar-refractivity contribution in [1.82, 2.24) is 14.5 Å². The van der Waals surface area contributed by atoms with Crippen LogP contribution in [0.15, 0.2) is 53.6 Å². The van der Waals surface area contributed by atoms with Crippen LogP contribution < -0.4 is 0 Å². The number of esters is 1. The monoisotopic (exact) mass is 359 g/mol. The van der Waals surface area contributed by atoms with Crippen molar-refractivity contribution in [2.24, 2.45) is 0 Å². The van der Waals surface area contributed by atoms with E-state index < -0.39 is 16.0 Å². The smallest absolute Gasteiger partial charge is 0.337 e. The van der Waals surface area contributed by atoms with Crippen LogP contribution in [-0.2, 0) is 21.3 Å². The van der Waals surface area contributed by atoms with Gasteiger partial charge in [0.05, 0.1) is 29.3 Å². The molecule has 25 heavy (non-hydrogen) atoms. The molecule has 0 saturated heterocycles. The number of hydrogen-bond donors (Lipinski definition) is 1. The molecule has 0 aliphatic heterocycles. The standard InChI is InChI=1S/C17H17N3O4S/c1-20(11-12-3-5-13(6-4-12)17(21)24-2)25(22,23)15-8-7-14-10-18-19-16(14)9-15/h3-10H,11H2,1-2H3,(H,18,19). The van der Waals surface area contributed by atoms with E-state index in [1.807, 2.05) is 0 Å². The summed E-state index contributed by atoms with van der Waals surface area (Å²) in [6, 6.07) is 11.5. The summed E-state index contributed by atoms with van der Waals surface area (Å²) in [6.45, 7) is 0.185. The molecule has 0 spiro atoms. The fourth-order valence-corrected chi connectivity index (χ4v) is 3.65. The fraction of sp³-hybridized carbons (Fsp3) is 0.176. The maximum Gasteiger partial charge on any atom is 0.337 e. The molecule has 0 atom stereocenters. The van der Waals surface area contributed by atoms with E-state index >= 15 is 0 Å². The SMILES string of the molecule is COC(=O)c1ccc(CN(C)S(=O)(=O)c2ccc3cn[nH]c3c2)cc1. The minimum atomic E-state index is -3.64. The Morgan fingerprint density at radius 2 is 1.92 bits per heavy atom. The van der Waals surface area contributed by atoms with Gasteiger partial charge in [0.2, 0.25) is 10.0 Å². The van der Waals surface area contributed by atoms with Crippen molar-refractivity contribution in [3.05, 3.63) is 59.8 Å². The number of sulfonamides is 1. The molecule has 0 aliphatic rings. The molecule has 0 bridgehead atoms. The van der Waals surface area contributed by atoms with Gasteiger partial charge in [-0.15, -0.1) is 0 Å². The van der Waals surface area contributed by atoms with Gasteiger partial charge >= 0.3 is 5.97 Å². The van der Waals surface area contributed by atoms with Gasteiger partial charge in [-0.25, -0.2) is 13.2 Å². The molecule has 0 saturated carbocycles. The molecule has 0 unspecified atom stereocenters. The van der Waals surface area contributed by atoms with Crippen LogP contribution in [0, 0.1) is 0 Å². The van der Waals surface area contributed by atoms with Crippen LogP contribution in [-0.4, -0.2) is 43.0 Å². The Kier molecular flexibility index (Phi) is 4.56. The number of H-pyrrole nitrogens is 1. The lowest BCUT2D eigenvalue weighted by atomic mass is 10.1. The number of nitrogens with one attached hydrogen (secondary N) is 1. The van der Waals surface area contributed by atoms with Gasteiger partial charge in [0.15, 0.2) is 0 Å². The third kappa shape index (κ3) is 3.40. The highest BCUT2D eigenvalue weighted by molar-refractivity contribution is 7.89. The molecule has 8 heteroatoms. The van der Waals surface area contributed by atoms with E-state index in [0.717, 1.165) is 10.9 Å². The highest BCUT2D eigenvalue weighted by Crippen LogP contribution is 2.21. The average molecular weight is 359 g/mol. The summed E-state index contributed by atoms with van der Waals surface area (Å²) < 4.78 is 31.4. The molecule has 3 rings (SSSR count). The quantitative estimate of drug-likeness (QED) is 0.705. The molecule has 0 fully saturated rings. The fourth-order valence-electron chi connectivity index (χ4n) is 2.46. The molecule has 1 aromatic heterocycles. The first-order valence-electron chi connectivity index (χ1n) is 7.48. The second-order valence-electron chi connectivity index (χ2n) is 5.57. The Bertz CT molecular complexity index is 1010. The zero-order chi connectivity index (χ0) is 18.0. The lowest BCUT2D eigenvalue weighted by Crippen LogP contribution is -2.26. The summed E-state index contributed by atoms with van der Waals surface area (Å²) >= 11 is 0. The number of ether oxygens (including phenoxy) is 1. The topological polar surface area (TPSA) is 92.4 Å². The van der Waals surface area contributed by atoms with Crippen molar-refractivity contribution in [1.29, 1.82) is 0 Å². The number of aromatic amines is 1. The van der Waals surface area contributed by atoms with E-state index in [-0.39, 0.29) is 11.4 Å². The molecule has 0 aliphatic carbocycles. The van der Waals surface area contributed by atoms with Crippen LogP contribution in [0.1, 0.15) is 15.9 Å². The van der Waals surface area contributed by atoms with Crippen molar-refractivity contribution < 1.29 is 17.9 Å². The van der Waals surface area contributed by atoms with Crippen LogP contribution in [0.2, 0.25) is 0 Å². The van der Waals surface area contributed by atoms with Crippen molar-refractivity contribution in [2.75, 3.05) is 14.2 Å². The zero-order valence-corrected chi connectivity index (χ0v) is 14.6. The number of carbonyl (C=O) groups excluding carboxylic acids is 1. The first-order valence-corrected chi connectivity index (χ1v) is 8.92. The van der Waals surface area contributed by atoms with Gasteiger partial charge in [-0.05, 0) is 35.9 Å². The Balaban J connectivity index is 1.81. The van der Waals surface area contributed by atoms with Crippen molar-refractivity contribution in [3.8, 4) is 0 Å². The number of methoxy groups -OCH3 is 1. The predicted octanol–water partition coefficient (Wildman–Crippen LogP) is 2.17. The minimum Gasteiger partial charge on any atom is -0.465 e. The van der Waals surface area contributed by atoms with E-state index in [9.17, 15) is 13.2 Å². The summed E-state index contributed by atoms with van der Waals surface area (Å²) in [5.74, 6) is -0.430. The van der Waals surface area contributed by atoms with Gasteiger partial charge in [0.1, 0.15) is 0 Å². The number of benzene rings is 2. The van der Waals surface area contributed by atoms with E-state index in [2.05, 4.69) is 14.9 Å². The van der Waals surface area contributed by atoms with Gasteiger partial charge in [-0.2, -0.15) is 9.40 Å². The Hall–Kier alpha value is -2.71. The maximum absolute atomic E-state index is 12.7. The Morgan fingerprint density at radius 1 is 1.20 bits per heavy atom. The van der Waals surface area contributed by atoms with Crippen LogP contribution in [0.5, 0.6) is 0 Å². The van der Waals surface area contributed by atoms with Crippen molar-refractivity contribution in [3.63, 3.8) is 0 Å². The number of carbonyl (C=O) groups is 1. The molecule has 130 valence electrons. The lowest BCUT2D eigenvalue weighted by Gasteiger charge is -2.17. The van der Waals surface area contributed by atoms with Gasteiger partial charge < -0.3 is 4.74 Å². The average Bonchev–Trinajstić information content (AvgIpc) is 3.09. The van der Waals surface area contributed by atoms with Gasteiger partial charge in [0, 0.05) is 19.0 Å². The molecule has 0 amide bonds. The van der Waals surface area contributed by atoms with E-state index in [0.29, 0.717) is 11.1 Å². The lowest BCUT2D eigenvalue weighted by molar-refractivity contribution is 0.0600. The number of nitrogens with zero attached hydrogens (tertiary/aromatic N) is 2. The van der Waals surface area contributed by atoms with Crippen LogP contribution in [0.25, 0.3) is 10.9 Å². The highest BCUT2D eigenvalue weighted by atomic mass is 32.2. The third-order valence-electron chi connectivity index (χ3n) is 3.90. The summed E-state index contributed by atoms with van der Waals surface area (Å²) in [6.07, 6.45) is 1.64. The third-order valence-corrected chi connectivity index (χ3v) is 5.70. The van der Waals surface area contributed by atoms with Crippen molar-refractivity contribution in [2.45, 2.75) is 11.4 Å².